The van der Waals surface area contributed by atoms with Crippen LogP contribution < -0.4 is 0 Å². The Hall–Kier alpha value is -9.66. The molecule has 0 bridgehead atoms. The molecule has 84 heavy (non-hydrogen) atoms. The van der Waals surface area contributed by atoms with Crippen LogP contribution in [0.15, 0.2) is 234 Å². The van der Waals surface area contributed by atoms with Gasteiger partial charge in [0.2, 0.25) is 9.84 Å². The number of halogens is 3. The number of ketones is 2. The standard InChI is InChI=1S/C32H26FNO4S.C21H20FNO2.C17H15FO2/c1-22-28(20-25-12-8-9-15-29(25)39(37,38)27-13-6-3-7-14-27)31(23-16-18-26(33)19-17-23)32(34(22)21-30(35)36)24-10-4-2-5-11-24;1-3-25-20(24)14-23-15(2)13-19(16-9-11-18(22)12-10-16)21(23)17-7-5-4-6-8-17;1-12(19)11-16(13-7-9-15(18)10-8-13)17(20)14-5-3-2-4-6-14/h2-19H,20-21H2,1H3,(H,35,36);4-13H,3,14H2,1-2H3;2-10,16H,11H2,1H3. The van der Waals surface area contributed by atoms with Crippen molar-refractivity contribution in [2.45, 2.75) is 69.3 Å². The number of hydrogen-bond donors (Lipinski definition) is 1. The summed E-state index contributed by atoms with van der Waals surface area (Å²) in [7, 11) is -3.81. The van der Waals surface area contributed by atoms with Crippen LogP contribution in [0.2, 0.25) is 0 Å². The fourth-order valence-corrected chi connectivity index (χ4v) is 11.6. The van der Waals surface area contributed by atoms with Crippen molar-refractivity contribution < 1.29 is 50.6 Å². The maximum Gasteiger partial charge on any atom is 0.325 e. The summed E-state index contributed by atoms with van der Waals surface area (Å²) in [6.45, 7) is 7.26. The lowest BCUT2D eigenvalue weighted by Gasteiger charge is -2.15. The van der Waals surface area contributed by atoms with Crippen molar-refractivity contribution in [2.75, 3.05) is 6.61 Å². The third kappa shape index (κ3) is 14.7. The molecule has 1 N–H and O–H groups in total. The largest absolute Gasteiger partial charge is 0.480 e. The molecule has 0 saturated heterocycles. The highest BCUT2D eigenvalue weighted by Crippen LogP contribution is 2.42. The highest BCUT2D eigenvalue weighted by atomic mass is 32.2. The first-order chi connectivity index (χ1) is 40.4. The molecule has 2 heterocycles. The molecule has 0 radical (unpaired) electrons. The van der Waals surface area contributed by atoms with E-state index in [1.54, 1.807) is 127 Å². The molecule has 0 fully saturated rings. The predicted octanol–water partition coefficient (Wildman–Crippen LogP) is 15.4. The van der Waals surface area contributed by atoms with Gasteiger partial charge in [-0.2, -0.15) is 0 Å². The van der Waals surface area contributed by atoms with Crippen LogP contribution in [0.1, 0.15) is 64.6 Å². The van der Waals surface area contributed by atoms with Gasteiger partial charge in [0.15, 0.2) is 5.78 Å². The van der Waals surface area contributed by atoms with Crippen LogP contribution in [0.5, 0.6) is 0 Å². The van der Waals surface area contributed by atoms with Crippen LogP contribution >= 0.6 is 0 Å². The minimum atomic E-state index is -3.81. The maximum atomic E-state index is 13.9. The van der Waals surface area contributed by atoms with E-state index in [-0.39, 0.29) is 70.7 Å². The number of aryl methyl sites for hydroxylation is 1. The smallest absolute Gasteiger partial charge is 0.325 e. The highest BCUT2D eigenvalue weighted by molar-refractivity contribution is 7.91. The van der Waals surface area contributed by atoms with Crippen LogP contribution in [0.25, 0.3) is 44.8 Å². The SMILES string of the molecule is CC(=O)CC(C(=O)c1ccccc1)c1ccc(F)cc1.CCOC(=O)Cn1c(C)cc(-c2ccc(F)cc2)c1-c1ccccc1.Cc1c(Cc2ccccc2S(=O)(=O)c2ccccc2)c(-c2ccc(F)cc2)c(-c2ccccc2)n1CC(=O)O. The average molecular weight is 1150 g/mol. The topological polar surface area (TPSA) is 142 Å². The molecule has 1 unspecified atom stereocenters. The number of ether oxygens (including phenoxy) is 1. The van der Waals surface area contributed by atoms with Gasteiger partial charge in [-0.1, -0.05) is 164 Å². The molecule has 0 aliphatic carbocycles. The number of carboxylic acid groups (broad SMARTS) is 1. The maximum absolute atomic E-state index is 13.9. The van der Waals surface area contributed by atoms with Crippen LogP contribution in [-0.2, 0) is 48.5 Å². The number of aliphatic carboxylic acids is 1. The van der Waals surface area contributed by atoms with E-state index >= 15 is 0 Å². The fourth-order valence-electron chi connectivity index (χ4n) is 10.1. The molecule has 10 rings (SSSR count). The summed E-state index contributed by atoms with van der Waals surface area (Å²) >= 11 is 0. The number of sulfone groups is 1. The second kappa shape index (κ2) is 27.9. The summed E-state index contributed by atoms with van der Waals surface area (Å²) < 4.78 is 76.3. The van der Waals surface area contributed by atoms with Crippen molar-refractivity contribution in [3.8, 4) is 44.8 Å². The molecule has 8 aromatic carbocycles. The van der Waals surface area contributed by atoms with Gasteiger partial charge in [-0.05, 0) is 127 Å². The second-order valence-corrected chi connectivity index (χ2v) is 21.7. The lowest BCUT2D eigenvalue weighted by atomic mass is 9.87. The number of carboxylic acids is 1. The molecule has 0 aliphatic rings. The molecule has 426 valence electrons. The zero-order valence-electron chi connectivity index (χ0n) is 46.7. The van der Waals surface area contributed by atoms with E-state index in [4.69, 9.17) is 4.74 Å². The molecule has 0 aliphatic heterocycles. The van der Waals surface area contributed by atoms with E-state index in [2.05, 4.69) is 0 Å². The Balaban J connectivity index is 0.000000176. The van der Waals surface area contributed by atoms with Gasteiger partial charge >= 0.3 is 11.9 Å². The lowest BCUT2D eigenvalue weighted by Crippen LogP contribution is -2.16. The van der Waals surface area contributed by atoms with Gasteiger partial charge in [-0.15, -0.1) is 0 Å². The Labute approximate surface area is 487 Å². The van der Waals surface area contributed by atoms with Crippen LogP contribution in [0, 0.1) is 31.3 Å². The molecule has 10 aromatic rings. The summed E-state index contributed by atoms with van der Waals surface area (Å²) in [5.41, 5.74) is 11.0. The van der Waals surface area contributed by atoms with E-state index in [0.717, 1.165) is 44.8 Å². The van der Waals surface area contributed by atoms with Crippen molar-refractivity contribution in [3.63, 3.8) is 0 Å². The van der Waals surface area contributed by atoms with Crippen molar-refractivity contribution in [1.29, 1.82) is 0 Å². The Bertz CT molecular complexity index is 4000. The van der Waals surface area contributed by atoms with Gasteiger partial charge in [0.25, 0.3) is 0 Å². The minimum absolute atomic E-state index is 0.0661. The van der Waals surface area contributed by atoms with Crippen molar-refractivity contribution >= 4 is 33.3 Å². The Morgan fingerprint density at radius 2 is 1.05 bits per heavy atom. The Kier molecular flexibility index (Phi) is 20.1. The number of carbonyl (C=O) groups excluding carboxylic acids is 3. The Morgan fingerprint density at radius 1 is 0.560 bits per heavy atom. The number of aromatic nitrogens is 2. The Morgan fingerprint density at radius 3 is 1.58 bits per heavy atom. The van der Waals surface area contributed by atoms with E-state index in [0.29, 0.717) is 40.2 Å². The number of esters is 1. The van der Waals surface area contributed by atoms with Crippen LogP contribution in [0.4, 0.5) is 13.2 Å². The molecule has 0 amide bonds. The quantitative estimate of drug-likeness (QED) is 0.0661. The molecule has 1 atom stereocenters. The molecule has 0 saturated carbocycles. The van der Waals surface area contributed by atoms with Crippen molar-refractivity contribution in [3.05, 3.63) is 276 Å². The summed E-state index contributed by atoms with van der Waals surface area (Å²) in [4.78, 5) is 48.3. The van der Waals surface area contributed by atoms with Gasteiger partial charge in [0, 0.05) is 40.9 Å². The number of hydrogen-bond acceptors (Lipinski definition) is 7. The summed E-state index contributed by atoms with van der Waals surface area (Å²) in [5.74, 6) is -3.04. The van der Waals surface area contributed by atoms with Gasteiger partial charge in [-0.3, -0.25) is 19.2 Å². The zero-order valence-corrected chi connectivity index (χ0v) is 47.5. The van der Waals surface area contributed by atoms with Gasteiger partial charge in [0.1, 0.15) is 36.3 Å². The molecular formula is C70H61F3N2O8S. The average Bonchev–Trinajstić information content (AvgIpc) is 2.50. The van der Waals surface area contributed by atoms with Gasteiger partial charge in [0.05, 0.1) is 33.7 Å². The first kappa shape index (κ1) is 60.4. The lowest BCUT2D eigenvalue weighted by molar-refractivity contribution is -0.144. The monoisotopic (exact) mass is 1150 g/mol. The van der Waals surface area contributed by atoms with Gasteiger partial charge in [-0.25, -0.2) is 21.6 Å². The first-order valence-electron chi connectivity index (χ1n) is 27.1. The first-order valence-corrected chi connectivity index (χ1v) is 28.6. The van der Waals surface area contributed by atoms with E-state index < -0.39 is 21.7 Å². The zero-order chi connectivity index (χ0) is 59.9. The molecule has 2 aromatic heterocycles. The number of rotatable bonds is 18. The number of carbonyl (C=O) groups is 4. The highest BCUT2D eigenvalue weighted by Gasteiger charge is 2.28. The van der Waals surface area contributed by atoms with E-state index in [1.165, 1.54) is 43.3 Å². The van der Waals surface area contributed by atoms with E-state index in [1.807, 2.05) is 91.2 Å². The second-order valence-electron chi connectivity index (χ2n) is 19.8. The molecule has 10 nitrogen and oxygen atoms in total. The minimum Gasteiger partial charge on any atom is -0.480 e. The van der Waals surface area contributed by atoms with E-state index in [9.17, 15) is 45.9 Å². The van der Waals surface area contributed by atoms with Crippen LogP contribution in [-0.4, -0.2) is 52.8 Å². The third-order valence-electron chi connectivity index (χ3n) is 14.0. The molecule has 14 heteroatoms. The summed E-state index contributed by atoms with van der Waals surface area (Å²) in [6, 6.07) is 63.5. The summed E-state index contributed by atoms with van der Waals surface area (Å²) in [6.07, 6.45) is 0.354. The van der Waals surface area contributed by atoms with Crippen molar-refractivity contribution in [2.24, 2.45) is 0 Å². The molecule has 0 spiro atoms. The number of Topliss-reactive ketones (excluding diaryl/α,β-unsaturated/α-hetero) is 2. The third-order valence-corrected chi connectivity index (χ3v) is 15.9. The van der Waals surface area contributed by atoms with Crippen LogP contribution in [0.3, 0.4) is 0 Å². The van der Waals surface area contributed by atoms with Crippen molar-refractivity contribution in [1.82, 2.24) is 9.13 Å². The normalized spacial score (nSPS) is 11.3. The predicted molar refractivity (Wildman–Crippen MR) is 321 cm³/mol. The fraction of sp³-hybridized carbons (Fsp3) is 0.143. The number of nitrogens with zero attached hydrogens (tertiary/aromatic N) is 2. The summed E-state index contributed by atoms with van der Waals surface area (Å²) in [5, 5.41) is 9.79. The number of benzene rings is 8. The molecular weight excluding hydrogens is 1090 g/mol. The van der Waals surface area contributed by atoms with Gasteiger partial charge < -0.3 is 19.0 Å².